The molecule has 33 heavy (non-hydrogen) atoms. The Hall–Kier alpha value is -2.99. The number of piperidine rings is 1. The van der Waals surface area contributed by atoms with E-state index in [-0.39, 0.29) is 49.3 Å². The van der Waals surface area contributed by atoms with Gasteiger partial charge in [0, 0.05) is 25.4 Å². The van der Waals surface area contributed by atoms with Crippen LogP contribution in [0.2, 0.25) is 0 Å². The molecule has 3 aliphatic rings. The molecule has 2 heterocycles. The maximum Gasteiger partial charge on any atom is 0.241 e. The molecule has 0 unspecified atom stereocenters. The lowest BCUT2D eigenvalue weighted by molar-refractivity contribution is -0.144. The fraction of sp³-hybridized carbons (Fsp3) is 0.444. The number of aliphatic hydroxyl groups excluding tert-OH is 1. The molecule has 2 atom stereocenters. The Labute approximate surface area is 194 Å². The van der Waals surface area contributed by atoms with Crippen LogP contribution < -0.4 is 0 Å². The van der Waals surface area contributed by atoms with E-state index in [2.05, 4.69) is 0 Å². The van der Waals surface area contributed by atoms with E-state index in [0.29, 0.717) is 6.54 Å². The smallest absolute Gasteiger partial charge is 0.241 e. The van der Waals surface area contributed by atoms with E-state index in [1.54, 1.807) is 4.90 Å². The Balaban J connectivity index is 1.49. The first-order valence-corrected chi connectivity index (χ1v) is 12.0. The maximum atomic E-state index is 13.7. The van der Waals surface area contributed by atoms with Gasteiger partial charge in [0.1, 0.15) is 0 Å². The Kier molecular flexibility index (Phi) is 5.79. The fourth-order valence-corrected chi connectivity index (χ4v) is 5.42. The average molecular weight is 447 g/mol. The molecule has 2 aromatic carbocycles. The summed E-state index contributed by atoms with van der Waals surface area (Å²) in [6.07, 6.45) is 4.30. The van der Waals surface area contributed by atoms with E-state index in [0.717, 1.165) is 48.8 Å². The molecule has 2 aromatic rings. The summed E-state index contributed by atoms with van der Waals surface area (Å²) in [6.45, 7) is 0.507. The molecular weight excluding hydrogens is 416 g/mol. The zero-order valence-corrected chi connectivity index (χ0v) is 18.8. The van der Waals surface area contributed by atoms with Crippen LogP contribution in [0.25, 0.3) is 11.1 Å². The second-order valence-electron chi connectivity index (χ2n) is 9.60. The number of imide groups is 1. The highest BCUT2D eigenvalue weighted by Gasteiger charge is 2.57. The largest absolute Gasteiger partial charge is 0.394 e. The molecule has 3 fully saturated rings. The van der Waals surface area contributed by atoms with Gasteiger partial charge in [-0.2, -0.15) is 0 Å². The van der Waals surface area contributed by atoms with Gasteiger partial charge in [0.15, 0.2) is 0 Å². The molecule has 2 aliphatic heterocycles. The molecule has 5 rings (SSSR count). The van der Waals surface area contributed by atoms with Crippen LogP contribution in [0.15, 0.2) is 54.6 Å². The number of aliphatic hydroxyl groups is 1. The highest BCUT2D eigenvalue weighted by atomic mass is 16.3. The molecule has 1 N–H and O–H groups in total. The summed E-state index contributed by atoms with van der Waals surface area (Å²) in [5, 5.41) is 9.79. The highest BCUT2D eigenvalue weighted by Crippen LogP contribution is 2.45. The van der Waals surface area contributed by atoms with Gasteiger partial charge in [-0.15, -0.1) is 0 Å². The van der Waals surface area contributed by atoms with Crippen molar-refractivity contribution < 1.29 is 19.5 Å². The SMILES string of the molecule is O=C1C[C@@](CC(=O)N2CCCC[C@@H]2CO)(c2ccc(-c3ccccc3)cc2)C(=O)N1C1CC1. The van der Waals surface area contributed by atoms with Gasteiger partial charge in [0.25, 0.3) is 0 Å². The first-order valence-electron chi connectivity index (χ1n) is 12.0. The van der Waals surface area contributed by atoms with E-state index >= 15 is 0 Å². The van der Waals surface area contributed by atoms with Gasteiger partial charge in [-0.25, -0.2) is 0 Å². The number of hydrogen-bond acceptors (Lipinski definition) is 4. The third-order valence-electron chi connectivity index (χ3n) is 7.42. The third-order valence-corrected chi connectivity index (χ3v) is 7.42. The van der Waals surface area contributed by atoms with Crippen LogP contribution in [-0.2, 0) is 19.8 Å². The number of carbonyl (C=O) groups excluding carboxylic acids is 3. The summed E-state index contributed by atoms with van der Waals surface area (Å²) in [5.41, 5.74) is 1.63. The maximum absolute atomic E-state index is 13.7. The number of benzene rings is 2. The monoisotopic (exact) mass is 446 g/mol. The molecule has 0 radical (unpaired) electrons. The Bertz CT molecular complexity index is 1050. The number of likely N-dealkylation sites (tertiary alicyclic amines) is 2. The minimum atomic E-state index is -1.18. The van der Waals surface area contributed by atoms with Gasteiger partial charge in [-0.1, -0.05) is 54.6 Å². The second-order valence-corrected chi connectivity index (χ2v) is 9.60. The summed E-state index contributed by atoms with van der Waals surface area (Å²) in [6, 6.07) is 17.5. The van der Waals surface area contributed by atoms with Crippen molar-refractivity contribution in [2.45, 2.75) is 62.4 Å². The number of hydrogen-bond donors (Lipinski definition) is 1. The summed E-state index contributed by atoms with van der Waals surface area (Å²) < 4.78 is 0. The Morgan fingerprint density at radius 2 is 1.64 bits per heavy atom. The number of carbonyl (C=O) groups is 3. The zero-order valence-electron chi connectivity index (χ0n) is 18.8. The van der Waals surface area contributed by atoms with Crippen molar-refractivity contribution in [3.05, 3.63) is 60.2 Å². The van der Waals surface area contributed by atoms with Gasteiger partial charge in [-0.3, -0.25) is 19.3 Å². The van der Waals surface area contributed by atoms with E-state index < -0.39 is 5.41 Å². The fourth-order valence-electron chi connectivity index (χ4n) is 5.42. The Morgan fingerprint density at radius 3 is 2.30 bits per heavy atom. The van der Waals surface area contributed by atoms with Crippen LogP contribution in [0.3, 0.4) is 0 Å². The minimum Gasteiger partial charge on any atom is -0.394 e. The molecule has 3 amide bonds. The molecule has 6 nitrogen and oxygen atoms in total. The van der Waals surface area contributed by atoms with Crippen molar-refractivity contribution in [1.82, 2.24) is 9.80 Å². The molecule has 1 saturated carbocycles. The number of rotatable bonds is 6. The topological polar surface area (TPSA) is 77.9 Å². The van der Waals surface area contributed by atoms with Crippen molar-refractivity contribution in [3.63, 3.8) is 0 Å². The zero-order chi connectivity index (χ0) is 23.0. The molecule has 6 heteroatoms. The highest BCUT2D eigenvalue weighted by molar-refractivity contribution is 6.11. The summed E-state index contributed by atoms with van der Waals surface area (Å²) >= 11 is 0. The molecule has 0 spiro atoms. The van der Waals surface area contributed by atoms with Crippen LogP contribution in [0, 0.1) is 0 Å². The molecule has 0 aromatic heterocycles. The first-order chi connectivity index (χ1) is 16.0. The van der Waals surface area contributed by atoms with Crippen molar-refractivity contribution in [1.29, 1.82) is 0 Å². The van der Waals surface area contributed by atoms with Crippen molar-refractivity contribution >= 4 is 17.7 Å². The van der Waals surface area contributed by atoms with Gasteiger partial charge in [-0.05, 0) is 48.8 Å². The lowest BCUT2D eigenvalue weighted by Crippen LogP contribution is -2.49. The molecule has 1 aliphatic carbocycles. The lowest BCUT2D eigenvalue weighted by atomic mass is 9.75. The minimum absolute atomic E-state index is 0.0225. The van der Waals surface area contributed by atoms with Gasteiger partial charge in [0.2, 0.25) is 17.7 Å². The van der Waals surface area contributed by atoms with E-state index in [1.807, 2.05) is 54.6 Å². The normalized spacial score (nSPS) is 25.5. The van der Waals surface area contributed by atoms with E-state index in [9.17, 15) is 19.5 Å². The average Bonchev–Trinajstić information content (AvgIpc) is 3.65. The number of amides is 3. The summed E-state index contributed by atoms with van der Waals surface area (Å²) in [5.74, 6) is -0.576. The van der Waals surface area contributed by atoms with E-state index in [4.69, 9.17) is 0 Å². The van der Waals surface area contributed by atoms with Crippen molar-refractivity contribution in [3.8, 4) is 11.1 Å². The first kappa shape index (κ1) is 21.8. The quantitative estimate of drug-likeness (QED) is 0.691. The predicted octanol–water partition coefficient (Wildman–Crippen LogP) is 3.28. The van der Waals surface area contributed by atoms with Gasteiger partial charge < -0.3 is 10.0 Å². The third kappa shape index (κ3) is 3.97. The van der Waals surface area contributed by atoms with E-state index in [1.165, 1.54) is 4.90 Å². The van der Waals surface area contributed by atoms with Gasteiger partial charge in [0.05, 0.1) is 18.1 Å². The molecular formula is C27H30N2O4. The molecule has 172 valence electrons. The van der Waals surface area contributed by atoms with Crippen LogP contribution >= 0.6 is 0 Å². The van der Waals surface area contributed by atoms with Crippen molar-refractivity contribution in [2.75, 3.05) is 13.2 Å². The van der Waals surface area contributed by atoms with Crippen LogP contribution in [0.1, 0.15) is 50.5 Å². The lowest BCUT2D eigenvalue weighted by Gasteiger charge is -2.37. The van der Waals surface area contributed by atoms with Crippen LogP contribution in [0.5, 0.6) is 0 Å². The number of nitrogens with zero attached hydrogens (tertiary/aromatic N) is 2. The summed E-state index contributed by atoms with van der Waals surface area (Å²) in [4.78, 5) is 43.3. The molecule has 2 saturated heterocycles. The van der Waals surface area contributed by atoms with Crippen LogP contribution in [-0.4, -0.2) is 57.9 Å². The standard InChI is InChI=1S/C27H30N2O4/c30-18-23-8-4-5-15-28(23)24(31)16-27(17-25(32)29(26(27)33)22-13-14-22)21-11-9-20(10-12-21)19-6-2-1-3-7-19/h1-3,6-7,9-12,22-23,30H,4-5,8,13-18H2/t23-,27+/m1/s1. The Morgan fingerprint density at radius 1 is 0.939 bits per heavy atom. The second kappa shape index (κ2) is 8.75. The summed E-state index contributed by atoms with van der Waals surface area (Å²) in [7, 11) is 0. The molecule has 0 bridgehead atoms. The predicted molar refractivity (Wildman–Crippen MR) is 124 cm³/mol. The van der Waals surface area contributed by atoms with Crippen LogP contribution in [0.4, 0.5) is 0 Å². The van der Waals surface area contributed by atoms with Gasteiger partial charge >= 0.3 is 0 Å². The van der Waals surface area contributed by atoms with Crippen molar-refractivity contribution in [2.24, 2.45) is 0 Å².